The van der Waals surface area contributed by atoms with Crippen LogP contribution in [-0.2, 0) is 11.2 Å². The Bertz CT molecular complexity index is 493. The number of alkyl halides is 1. The van der Waals surface area contributed by atoms with Crippen LogP contribution in [0.3, 0.4) is 0 Å². The highest BCUT2D eigenvalue weighted by molar-refractivity contribution is 5.85. The Kier molecular flexibility index (Phi) is 5.86. The van der Waals surface area contributed by atoms with Crippen LogP contribution in [-0.4, -0.2) is 40.6 Å². The van der Waals surface area contributed by atoms with E-state index in [1.807, 2.05) is 12.1 Å². The first-order chi connectivity index (χ1) is 9.11. The molecule has 0 spiro atoms. The average molecular weight is 299 g/mol. The van der Waals surface area contributed by atoms with Crippen molar-refractivity contribution in [3.63, 3.8) is 0 Å². The molecule has 108 valence electrons. The van der Waals surface area contributed by atoms with Gasteiger partial charge in [0.1, 0.15) is 12.2 Å². The normalized spacial score (nSPS) is 22.8. The van der Waals surface area contributed by atoms with Gasteiger partial charge in [-0.2, -0.15) is 5.26 Å². The number of pyridine rings is 1. The number of rotatable bonds is 3. The van der Waals surface area contributed by atoms with Crippen molar-refractivity contribution in [1.29, 1.82) is 5.26 Å². The van der Waals surface area contributed by atoms with Gasteiger partial charge in [0.25, 0.3) is 0 Å². The van der Waals surface area contributed by atoms with Crippen molar-refractivity contribution >= 4 is 18.3 Å². The lowest BCUT2D eigenvalue weighted by Crippen LogP contribution is -2.46. The summed E-state index contributed by atoms with van der Waals surface area (Å²) in [5.74, 6) is -0.379. The fourth-order valence-electron chi connectivity index (χ4n) is 2.22. The summed E-state index contributed by atoms with van der Waals surface area (Å²) in [6.07, 6.45) is 2.53. The fourth-order valence-corrected chi connectivity index (χ4v) is 2.22. The predicted octanol–water partition coefficient (Wildman–Crippen LogP) is 0.836. The number of halogens is 2. The zero-order valence-corrected chi connectivity index (χ0v) is 11.6. The van der Waals surface area contributed by atoms with Crippen LogP contribution in [0.25, 0.3) is 0 Å². The molecule has 2 rings (SSSR count). The van der Waals surface area contributed by atoms with E-state index in [0.29, 0.717) is 6.42 Å². The van der Waals surface area contributed by atoms with Gasteiger partial charge in [0.15, 0.2) is 0 Å². The van der Waals surface area contributed by atoms with Crippen molar-refractivity contribution in [2.75, 3.05) is 6.54 Å². The van der Waals surface area contributed by atoms with Gasteiger partial charge in [-0.05, 0) is 18.1 Å². The number of amides is 1. The lowest BCUT2D eigenvalue weighted by Gasteiger charge is -2.23. The third kappa shape index (κ3) is 3.65. The largest absolute Gasteiger partial charge is 0.322 e. The van der Waals surface area contributed by atoms with Crippen molar-refractivity contribution < 1.29 is 9.18 Å². The summed E-state index contributed by atoms with van der Waals surface area (Å²) >= 11 is 0. The zero-order valence-electron chi connectivity index (χ0n) is 10.8. The number of hydrogen-bond acceptors (Lipinski definition) is 4. The van der Waals surface area contributed by atoms with Gasteiger partial charge in [-0.1, -0.05) is 6.07 Å². The van der Waals surface area contributed by atoms with Gasteiger partial charge in [0.05, 0.1) is 18.7 Å². The molecule has 1 aromatic rings. The first-order valence-electron chi connectivity index (χ1n) is 6.10. The van der Waals surface area contributed by atoms with Crippen molar-refractivity contribution in [2.24, 2.45) is 5.73 Å². The molecule has 3 atom stereocenters. The lowest BCUT2D eigenvalue weighted by atomic mass is 10.1. The molecule has 0 radical (unpaired) electrons. The molecular formula is C13H16ClFN4O. The van der Waals surface area contributed by atoms with Crippen molar-refractivity contribution in [3.8, 4) is 6.07 Å². The number of nitrogens with two attached hydrogens (primary N) is 1. The van der Waals surface area contributed by atoms with Crippen LogP contribution in [0.4, 0.5) is 4.39 Å². The van der Waals surface area contributed by atoms with Crippen molar-refractivity contribution in [3.05, 3.63) is 30.1 Å². The molecule has 1 aromatic heterocycles. The molecule has 0 aromatic carbocycles. The Hall–Kier alpha value is -1.71. The third-order valence-corrected chi connectivity index (χ3v) is 3.18. The molecule has 1 amide bonds. The summed E-state index contributed by atoms with van der Waals surface area (Å²) in [7, 11) is 0. The monoisotopic (exact) mass is 298 g/mol. The Balaban J connectivity index is 0.00000200. The predicted molar refractivity (Wildman–Crippen MR) is 73.8 cm³/mol. The van der Waals surface area contributed by atoms with Gasteiger partial charge >= 0.3 is 0 Å². The highest BCUT2D eigenvalue weighted by Gasteiger charge is 2.37. The van der Waals surface area contributed by atoms with E-state index in [4.69, 9.17) is 11.0 Å². The number of carbonyl (C=O) groups excluding carboxylic acids is 1. The van der Waals surface area contributed by atoms with Gasteiger partial charge in [-0.3, -0.25) is 9.78 Å². The van der Waals surface area contributed by atoms with Gasteiger partial charge in [0, 0.05) is 18.8 Å². The number of aromatic nitrogens is 1. The Morgan fingerprint density at radius 3 is 3.05 bits per heavy atom. The molecule has 1 aliphatic rings. The summed E-state index contributed by atoms with van der Waals surface area (Å²) in [6, 6.07) is 4.05. The lowest BCUT2D eigenvalue weighted by molar-refractivity contribution is -0.132. The summed E-state index contributed by atoms with van der Waals surface area (Å²) in [5, 5.41) is 8.91. The molecule has 0 aliphatic carbocycles. The quantitative estimate of drug-likeness (QED) is 0.896. The van der Waals surface area contributed by atoms with E-state index >= 15 is 0 Å². The summed E-state index contributed by atoms with van der Waals surface area (Å²) in [6.45, 7) is -0.0438. The van der Waals surface area contributed by atoms with Crippen LogP contribution in [0.5, 0.6) is 0 Å². The number of nitrogens with zero attached hydrogens (tertiary/aromatic N) is 3. The van der Waals surface area contributed by atoms with Crippen LogP contribution in [0.2, 0.25) is 0 Å². The third-order valence-electron chi connectivity index (χ3n) is 3.18. The van der Waals surface area contributed by atoms with Crippen LogP contribution in [0, 0.1) is 11.3 Å². The summed E-state index contributed by atoms with van der Waals surface area (Å²) in [5.41, 5.74) is 6.68. The van der Waals surface area contributed by atoms with Gasteiger partial charge in [-0.15, -0.1) is 12.4 Å². The van der Waals surface area contributed by atoms with Crippen LogP contribution in [0.15, 0.2) is 24.5 Å². The van der Waals surface area contributed by atoms with E-state index in [2.05, 4.69) is 4.98 Å². The summed E-state index contributed by atoms with van der Waals surface area (Å²) in [4.78, 5) is 17.3. The number of nitriles is 1. The highest BCUT2D eigenvalue weighted by atomic mass is 35.5. The molecular weight excluding hydrogens is 283 g/mol. The van der Waals surface area contributed by atoms with E-state index < -0.39 is 18.3 Å². The Labute approximate surface area is 123 Å². The minimum Gasteiger partial charge on any atom is -0.322 e. The highest BCUT2D eigenvalue weighted by Crippen LogP contribution is 2.21. The van der Waals surface area contributed by atoms with E-state index in [-0.39, 0.29) is 31.3 Å². The maximum Gasteiger partial charge on any atom is 0.241 e. The molecule has 1 aliphatic heterocycles. The SMILES string of the molecule is Cl.N#CC1CC(F)CN1C(=O)[C@@H](N)Cc1cccnc1. The molecule has 7 heteroatoms. The Morgan fingerprint density at radius 1 is 1.70 bits per heavy atom. The van der Waals surface area contributed by atoms with Gasteiger partial charge < -0.3 is 10.6 Å². The van der Waals surface area contributed by atoms with Crippen molar-refractivity contribution in [2.45, 2.75) is 31.1 Å². The molecule has 1 fully saturated rings. The molecule has 5 nitrogen and oxygen atoms in total. The van der Waals surface area contributed by atoms with Crippen LogP contribution >= 0.6 is 12.4 Å². The molecule has 0 bridgehead atoms. The minimum atomic E-state index is -1.14. The Morgan fingerprint density at radius 2 is 2.45 bits per heavy atom. The zero-order chi connectivity index (χ0) is 13.8. The molecule has 2 unspecified atom stereocenters. The fraction of sp³-hybridized carbons (Fsp3) is 0.462. The van der Waals surface area contributed by atoms with E-state index in [0.717, 1.165) is 5.56 Å². The second-order valence-corrected chi connectivity index (χ2v) is 4.64. The maximum atomic E-state index is 13.3. The summed E-state index contributed by atoms with van der Waals surface area (Å²) < 4.78 is 13.3. The molecule has 2 heterocycles. The molecule has 20 heavy (non-hydrogen) atoms. The standard InChI is InChI=1S/C13H15FN4O.ClH/c14-10-5-11(6-15)18(8-10)13(19)12(16)4-9-2-1-3-17-7-9;/h1-3,7,10-12H,4-5,8,16H2;1H/t10?,11?,12-;/m0./s1. The molecule has 2 N–H and O–H groups in total. The van der Waals surface area contributed by atoms with Crippen molar-refractivity contribution in [1.82, 2.24) is 9.88 Å². The average Bonchev–Trinajstić information content (AvgIpc) is 2.80. The topological polar surface area (TPSA) is 83.0 Å². The number of carbonyl (C=O) groups is 1. The maximum absolute atomic E-state index is 13.3. The molecule has 0 saturated carbocycles. The van der Waals surface area contributed by atoms with Crippen LogP contribution < -0.4 is 5.73 Å². The minimum absolute atomic E-state index is 0. The smallest absolute Gasteiger partial charge is 0.241 e. The second kappa shape index (κ2) is 7.17. The molecule has 1 saturated heterocycles. The number of likely N-dealkylation sites (tertiary alicyclic amines) is 1. The van der Waals surface area contributed by atoms with E-state index in [9.17, 15) is 9.18 Å². The van der Waals surface area contributed by atoms with Crippen LogP contribution in [0.1, 0.15) is 12.0 Å². The first-order valence-corrected chi connectivity index (χ1v) is 6.10. The first kappa shape index (κ1) is 16.3. The van der Waals surface area contributed by atoms with Gasteiger partial charge in [0.2, 0.25) is 5.91 Å². The van der Waals surface area contributed by atoms with Gasteiger partial charge in [-0.25, -0.2) is 4.39 Å². The van der Waals surface area contributed by atoms with E-state index in [1.54, 1.807) is 18.5 Å². The second-order valence-electron chi connectivity index (χ2n) is 4.64. The number of hydrogen-bond donors (Lipinski definition) is 1. The van der Waals surface area contributed by atoms with E-state index in [1.165, 1.54) is 4.90 Å².